The lowest BCUT2D eigenvalue weighted by Gasteiger charge is -1.91. The lowest BCUT2D eigenvalue weighted by molar-refractivity contribution is 0.507. The summed E-state index contributed by atoms with van der Waals surface area (Å²) in [4.78, 5) is 0. The van der Waals surface area contributed by atoms with Gasteiger partial charge < -0.3 is 4.42 Å². The Morgan fingerprint density at radius 3 is 2.83 bits per heavy atom. The molecule has 1 aromatic rings. The Bertz CT molecular complexity index is 273. The van der Waals surface area contributed by atoms with Crippen molar-refractivity contribution in [2.75, 3.05) is 5.88 Å². The number of alkyl halides is 1. The number of aryl methyl sites for hydroxylation is 1. The zero-order valence-corrected chi connectivity index (χ0v) is 8.19. The maximum atomic E-state index is 5.63. The highest BCUT2D eigenvalue weighted by Gasteiger charge is 1.96. The molecule has 66 valence electrons. The minimum absolute atomic E-state index is 0.558. The third-order valence-corrected chi connectivity index (χ3v) is 2.05. The predicted molar refractivity (Wildman–Crippen MR) is 52.5 cm³/mol. The Hall–Kier alpha value is -0.690. The molecule has 0 aliphatic carbocycles. The Kier molecular flexibility index (Phi) is 3.42. The molecule has 2 heteroatoms. The molecule has 0 bridgehead atoms. The fraction of sp³-hybridized carbons (Fsp3) is 0.400. The van der Waals surface area contributed by atoms with Gasteiger partial charge in [-0.2, -0.15) is 0 Å². The van der Waals surface area contributed by atoms with E-state index in [-0.39, 0.29) is 0 Å². The van der Waals surface area contributed by atoms with Gasteiger partial charge in [0.1, 0.15) is 11.5 Å². The van der Waals surface area contributed by atoms with Gasteiger partial charge in [-0.15, -0.1) is 11.6 Å². The normalized spacial score (nSPS) is 12.1. The quantitative estimate of drug-likeness (QED) is 0.656. The second-order valence-corrected chi connectivity index (χ2v) is 3.05. The zero-order valence-electron chi connectivity index (χ0n) is 7.43. The summed E-state index contributed by atoms with van der Waals surface area (Å²) in [5, 5.41) is 0. The average molecular weight is 185 g/mol. The highest BCUT2D eigenvalue weighted by atomic mass is 35.5. The third kappa shape index (κ3) is 2.42. The molecule has 1 heterocycles. The van der Waals surface area contributed by atoms with Crippen LogP contribution in [0.15, 0.2) is 22.1 Å². The summed E-state index contributed by atoms with van der Waals surface area (Å²) in [7, 11) is 0. The smallest absolute Gasteiger partial charge is 0.127 e. The zero-order chi connectivity index (χ0) is 8.97. The molecule has 0 aromatic carbocycles. The summed E-state index contributed by atoms with van der Waals surface area (Å²) in [6, 6.07) is 3.96. The molecule has 0 fully saturated rings. The number of allylic oxidation sites excluding steroid dienone is 1. The first-order chi connectivity index (χ1) is 5.76. The SMILES string of the molecule is CCc1ccc(C=C(C)CCl)o1. The van der Waals surface area contributed by atoms with Crippen molar-refractivity contribution in [3.05, 3.63) is 29.2 Å². The maximum absolute atomic E-state index is 5.63. The van der Waals surface area contributed by atoms with Gasteiger partial charge in [0.15, 0.2) is 0 Å². The van der Waals surface area contributed by atoms with Crippen LogP contribution in [0.4, 0.5) is 0 Å². The molecule has 0 radical (unpaired) electrons. The summed E-state index contributed by atoms with van der Waals surface area (Å²) < 4.78 is 5.47. The van der Waals surface area contributed by atoms with E-state index in [1.54, 1.807) is 0 Å². The molecular formula is C10H13ClO. The van der Waals surface area contributed by atoms with E-state index in [0.29, 0.717) is 5.88 Å². The lowest BCUT2D eigenvalue weighted by Crippen LogP contribution is -1.75. The molecule has 0 aliphatic rings. The summed E-state index contributed by atoms with van der Waals surface area (Å²) in [5.74, 6) is 2.47. The second-order valence-electron chi connectivity index (χ2n) is 2.78. The van der Waals surface area contributed by atoms with Crippen LogP contribution in [0.2, 0.25) is 0 Å². The van der Waals surface area contributed by atoms with E-state index in [0.717, 1.165) is 23.5 Å². The van der Waals surface area contributed by atoms with Crippen molar-refractivity contribution in [1.29, 1.82) is 0 Å². The van der Waals surface area contributed by atoms with E-state index in [1.165, 1.54) is 0 Å². The van der Waals surface area contributed by atoms with Crippen molar-refractivity contribution >= 4 is 17.7 Å². The molecule has 0 spiro atoms. The molecule has 1 nitrogen and oxygen atoms in total. The van der Waals surface area contributed by atoms with Crippen molar-refractivity contribution in [2.24, 2.45) is 0 Å². The van der Waals surface area contributed by atoms with Crippen molar-refractivity contribution in [3.63, 3.8) is 0 Å². The maximum Gasteiger partial charge on any atom is 0.127 e. The molecule has 1 rings (SSSR count). The molecule has 1 aromatic heterocycles. The largest absolute Gasteiger partial charge is 0.462 e. The van der Waals surface area contributed by atoms with Gasteiger partial charge in [-0.25, -0.2) is 0 Å². The van der Waals surface area contributed by atoms with Crippen LogP contribution in [0.25, 0.3) is 6.08 Å². The number of hydrogen-bond donors (Lipinski definition) is 0. The Labute approximate surface area is 78.0 Å². The van der Waals surface area contributed by atoms with Crippen molar-refractivity contribution < 1.29 is 4.42 Å². The highest BCUT2D eigenvalue weighted by Crippen LogP contribution is 2.12. The molecule has 0 saturated carbocycles. The van der Waals surface area contributed by atoms with Gasteiger partial charge in [0.05, 0.1) is 0 Å². The number of halogens is 1. The minimum atomic E-state index is 0.558. The van der Waals surface area contributed by atoms with Crippen LogP contribution >= 0.6 is 11.6 Å². The van der Waals surface area contributed by atoms with E-state index < -0.39 is 0 Å². The van der Waals surface area contributed by atoms with Crippen molar-refractivity contribution in [1.82, 2.24) is 0 Å². The van der Waals surface area contributed by atoms with Gasteiger partial charge in [0, 0.05) is 12.3 Å². The number of furan rings is 1. The first-order valence-corrected chi connectivity index (χ1v) is 4.61. The van der Waals surface area contributed by atoms with E-state index in [2.05, 4.69) is 6.92 Å². The summed E-state index contributed by atoms with van der Waals surface area (Å²) in [6.07, 6.45) is 2.90. The van der Waals surface area contributed by atoms with Crippen LogP contribution in [0.3, 0.4) is 0 Å². The molecular weight excluding hydrogens is 172 g/mol. The summed E-state index contributed by atoms with van der Waals surface area (Å²) in [6.45, 7) is 4.06. The lowest BCUT2D eigenvalue weighted by atomic mass is 10.3. The van der Waals surface area contributed by atoms with E-state index in [9.17, 15) is 0 Å². The van der Waals surface area contributed by atoms with E-state index in [1.807, 2.05) is 25.1 Å². The number of hydrogen-bond acceptors (Lipinski definition) is 1. The Morgan fingerprint density at radius 2 is 2.33 bits per heavy atom. The molecule has 0 N–H and O–H groups in total. The van der Waals surface area contributed by atoms with Crippen LogP contribution in [-0.4, -0.2) is 5.88 Å². The topological polar surface area (TPSA) is 13.1 Å². The molecule has 0 unspecified atom stereocenters. The Balaban J connectivity index is 2.76. The van der Waals surface area contributed by atoms with E-state index >= 15 is 0 Å². The molecule has 0 aliphatic heterocycles. The fourth-order valence-electron chi connectivity index (χ4n) is 0.944. The van der Waals surface area contributed by atoms with Crippen LogP contribution in [0.5, 0.6) is 0 Å². The third-order valence-electron chi connectivity index (χ3n) is 1.63. The highest BCUT2D eigenvalue weighted by molar-refractivity contribution is 6.19. The minimum Gasteiger partial charge on any atom is -0.462 e. The molecule has 0 atom stereocenters. The number of rotatable bonds is 3. The van der Waals surface area contributed by atoms with Crippen molar-refractivity contribution in [3.8, 4) is 0 Å². The fourth-order valence-corrected chi connectivity index (χ4v) is 1.02. The molecule has 0 amide bonds. The second kappa shape index (κ2) is 4.36. The van der Waals surface area contributed by atoms with Gasteiger partial charge in [-0.05, 0) is 25.1 Å². The monoisotopic (exact) mass is 184 g/mol. The van der Waals surface area contributed by atoms with Gasteiger partial charge in [0.2, 0.25) is 0 Å². The van der Waals surface area contributed by atoms with Gasteiger partial charge in [-0.1, -0.05) is 12.5 Å². The average Bonchev–Trinajstić information content (AvgIpc) is 2.52. The van der Waals surface area contributed by atoms with Crippen LogP contribution in [0, 0.1) is 0 Å². The summed E-state index contributed by atoms with van der Waals surface area (Å²) >= 11 is 5.63. The molecule has 0 saturated heterocycles. The van der Waals surface area contributed by atoms with Gasteiger partial charge >= 0.3 is 0 Å². The molecule has 12 heavy (non-hydrogen) atoms. The summed E-state index contributed by atoms with van der Waals surface area (Å²) in [5.41, 5.74) is 1.12. The van der Waals surface area contributed by atoms with Crippen LogP contribution in [-0.2, 0) is 6.42 Å². The first kappa shape index (κ1) is 9.40. The van der Waals surface area contributed by atoms with Crippen LogP contribution in [0.1, 0.15) is 25.4 Å². The van der Waals surface area contributed by atoms with Crippen molar-refractivity contribution in [2.45, 2.75) is 20.3 Å². The van der Waals surface area contributed by atoms with E-state index in [4.69, 9.17) is 16.0 Å². The predicted octanol–water partition coefficient (Wildman–Crippen LogP) is 3.48. The van der Waals surface area contributed by atoms with Gasteiger partial charge in [0.25, 0.3) is 0 Å². The standard InChI is InChI=1S/C10H13ClO/c1-3-9-4-5-10(12-9)6-8(2)7-11/h4-6H,3,7H2,1-2H3. The van der Waals surface area contributed by atoms with Gasteiger partial charge in [-0.3, -0.25) is 0 Å². The first-order valence-electron chi connectivity index (χ1n) is 4.08. The van der Waals surface area contributed by atoms with Crippen LogP contribution < -0.4 is 0 Å². The Morgan fingerprint density at radius 1 is 1.58 bits per heavy atom.